The van der Waals surface area contributed by atoms with Gasteiger partial charge in [-0.25, -0.2) is 0 Å². The molecular formula is C12H17N3OS. The first-order valence-corrected chi connectivity index (χ1v) is 6.79. The van der Waals surface area contributed by atoms with E-state index in [-0.39, 0.29) is 0 Å². The van der Waals surface area contributed by atoms with Gasteiger partial charge in [0, 0.05) is 12.8 Å². The van der Waals surface area contributed by atoms with Crippen LogP contribution in [0.1, 0.15) is 25.5 Å². The maximum absolute atomic E-state index is 5.29. The highest BCUT2D eigenvalue weighted by Gasteiger charge is 2.14. The van der Waals surface area contributed by atoms with Gasteiger partial charge in [0.05, 0.1) is 11.8 Å². The molecule has 0 bridgehead atoms. The highest BCUT2D eigenvalue weighted by molar-refractivity contribution is 7.99. The molecule has 0 N–H and O–H groups in total. The molecule has 2 heterocycles. The Bertz CT molecular complexity index is 490. The van der Waals surface area contributed by atoms with Crippen molar-refractivity contribution in [2.75, 3.05) is 5.75 Å². The van der Waals surface area contributed by atoms with Gasteiger partial charge in [-0.1, -0.05) is 25.1 Å². The van der Waals surface area contributed by atoms with Gasteiger partial charge in [-0.15, -0.1) is 10.2 Å². The molecule has 0 radical (unpaired) electrons. The third-order valence-corrected chi connectivity index (χ3v) is 3.77. The van der Waals surface area contributed by atoms with E-state index in [4.69, 9.17) is 4.42 Å². The molecule has 0 atom stereocenters. The average Bonchev–Trinajstić information content (AvgIpc) is 2.87. The summed E-state index contributed by atoms with van der Waals surface area (Å²) < 4.78 is 7.32. The van der Waals surface area contributed by atoms with Crippen molar-refractivity contribution in [1.29, 1.82) is 0 Å². The van der Waals surface area contributed by atoms with E-state index < -0.39 is 0 Å². The molecule has 0 unspecified atom stereocenters. The highest BCUT2D eigenvalue weighted by Crippen LogP contribution is 2.26. The van der Waals surface area contributed by atoms with Gasteiger partial charge in [0.2, 0.25) is 0 Å². The summed E-state index contributed by atoms with van der Waals surface area (Å²) in [7, 11) is 2.00. The first-order valence-electron chi connectivity index (χ1n) is 5.80. The van der Waals surface area contributed by atoms with Crippen molar-refractivity contribution in [3.8, 4) is 11.4 Å². The van der Waals surface area contributed by atoms with Crippen LogP contribution in [0, 0.1) is 6.92 Å². The second-order valence-corrected chi connectivity index (χ2v) is 5.02. The number of furan rings is 1. The molecule has 2 aromatic rings. The minimum atomic E-state index is 0.871. The number of rotatable bonds is 5. The average molecular weight is 251 g/mol. The van der Waals surface area contributed by atoms with Crippen molar-refractivity contribution in [2.45, 2.75) is 31.8 Å². The van der Waals surface area contributed by atoms with Crippen LogP contribution in [0.2, 0.25) is 0 Å². The summed E-state index contributed by atoms with van der Waals surface area (Å²) in [5.74, 6) is 2.84. The van der Waals surface area contributed by atoms with E-state index in [0.717, 1.165) is 28.1 Å². The minimum absolute atomic E-state index is 0.871. The fourth-order valence-corrected chi connectivity index (χ4v) is 2.59. The van der Waals surface area contributed by atoms with Crippen LogP contribution in [-0.4, -0.2) is 20.5 Å². The molecule has 0 aliphatic carbocycles. The zero-order chi connectivity index (χ0) is 12.3. The summed E-state index contributed by atoms with van der Waals surface area (Å²) in [6.07, 6.45) is 4.10. The number of hydrogen-bond acceptors (Lipinski definition) is 4. The standard InChI is InChI=1S/C12H17N3OS/c1-4-5-8-17-12-14-13-11(15(12)3)10-6-7-16-9(10)2/h6-7H,4-5,8H2,1-3H3. The summed E-state index contributed by atoms with van der Waals surface area (Å²) in [6, 6.07) is 1.93. The molecule has 0 aliphatic rings. The number of unbranched alkanes of at least 4 members (excludes halogenated alkanes) is 1. The fraction of sp³-hybridized carbons (Fsp3) is 0.500. The normalized spacial score (nSPS) is 11.0. The smallest absolute Gasteiger partial charge is 0.191 e. The van der Waals surface area contributed by atoms with Crippen LogP contribution in [0.4, 0.5) is 0 Å². The number of hydrogen-bond donors (Lipinski definition) is 0. The lowest BCUT2D eigenvalue weighted by atomic mass is 10.2. The molecule has 5 heteroatoms. The van der Waals surface area contributed by atoms with Crippen LogP contribution in [0.15, 0.2) is 21.9 Å². The summed E-state index contributed by atoms with van der Waals surface area (Å²) in [4.78, 5) is 0. The summed E-state index contributed by atoms with van der Waals surface area (Å²) >= 11 is 1.75. The van der Waals surface area contributed by atoms with Crippen LogP contribution >= 0.6 is 11.8 Å². The third kappa shape index (κ3) is 2.54. The van der Waals surface area contributed by atoms with Crippen LogP contribution in [-0.2, 0) is 7.05 Å². The zero-order valence-electron chi connectivity index (χ0n) is 10.4. The van der Waals surface area contributed by atoms with E-state index in [9.17, 15) is 0 Å². The van der Waals surface area contributed by atoms with Gasteiger partial charge in [0.25, 0.3) is 0 Å². The molecule has 0 aromatic carbocycles. The Morgan fingerprint density at radius 3 is 2.88 bits per heavy atom. The predicted octanol–water partition coefficient (Wildman–Crippen LogP) is 3.28. The van der Waals surface area contributed by atoms with Gasteiger partial charge >= 0.3 is 0 Å². The molecule has 0 spiro atoms. The first kappa shape index (κ1) is 12.2. The number of nitrogens with zero attached hydrogens (tertiary/aromatic N) is 3. The van der Waals surface area contributed by atoms with E-state index in [1.54, 1.807) is 18.0 Å². The van der Waals surface area contributed by atoms with Crippen LogP contribution in [0.25, 0.3) is 11.4 Å². The maximum atomic E-state index is 5.29. The lowest BCUT2D eigenvalue weighted by Crippen LogP contribution is -1.95. The quantitative estimate of drug-likeness (QED) is 0.604. The zero-order valence-corrected chi connectivity index (χ0v) is 11.3. The minimum Gasteiger partial charge on any atom is -0.469 e. The third-order valence-electron chi connectivity index (χ3n) is 2.66. The van der Waals surface area contributed by atoms with Crippen molar-refractivity contribution >= 4 is 11.8 Å². The topological polar surface area (TPSA) is 43.9 Å². The molecule has 0 fully saturated rings. The molecule has 2 rings (SSSR count). The Kier molecular flexibility index (Phi) is 3.89. The number of thioether (sulfide) groups is 1. The van der Waals surface area contributed by atoms with Crippen molar-refractivity contribution in [3.05, 3.63) is 18.1 Å². The summed E-state index contributed by atoms with van der Waals surface area (Å²) in [5.41, 5.74) is 1.02. The van der Waals surface area contributed by atoms with Crippen LogP contribution in [0.5, 0.6) is 0 Å². The molecule has 2 aromatic heterocycles. The van der Waals surface area contributed by atoms with E-state index >= 15 is 0 Å². The van der Waals surface area contributed by atoms with Crippen molar-refractivity contribution in [2.24, 2.45) is 7.05 Å². The highest BCUT2D eigenvalue weighted by atomic mass is 32.2. The Morgan fingerprint density at radius 1 is 1.41 bits per heavy atom. The van der Waals surface area contributed by atoms with Gasteiger partial charge in [0.15, 0.2) is 11.0 Å². The van der Waals surface area contributed by atoms with E-state index in [1.165, 1.54) is 12.8 Å². The number of aromatic nitrogens is 3. The van der Waals surface area contributed by atoms with Gasteiger partial charge in [-0.3, -0.25) is 0 Å². The van der Waals surface area contributed by atoms with Crippen molar-refractivity contribution in [1.82, 2.24) is 14.8 Å². The monoisotopic (exact) mass is 251 g/mol. The molecular weight excluding hydrogens is 234 g/mol. The van der Waals surface area contributed by atoms with Gasteiger partial charge in [-0.2, -0.15) is 0 Å². The fourth-order valence-electron chi connectivity index (χ4n) is 1.60. The molecule has 0 aliphatic heterocycles. The summed E-state index contributed by atoms with van der Waals surface area (Å²) in [6.45, 7) is 4.13. The van der Waals surface area contributed by atoms with Crippen LogP contribution in [0.3, 0.4) is 0 Å². The Morgan fingerprint density at radius 2 is 2.24 bits per heavy atom. The van der Waals surface area contributed by atoms with Gasteiger partial charge in [-0.05, 0) is 19.4 Å². The van der Waals surface area contributed by atoms with Gasteiger partial charge < -0.3 is 8.98 Å². The molecule has 4 nitrogen and oxygen atoms in total. The Balaban J connectivity index is 2.18. The predicted molar refractivity (Wildman–Crippen MR) is 69.1 cm³/mol. The van der Waals surface area contributed by atoms with Crippen LogP contribution < -0.4 is 0 Å². The van der Waals surface area contributed by atoms with E-state index in [0.29, 0.717) is 0 Å². The first-order chi connectivity index (χ1) is 8.24. The lowest BCUT2D eigenvalue weighted by molar-refractivity contribution is 0.534. The van der Waals surface area contributed by atoms with Crippen molar-refractivity contribution in [3.63, 3.8) is 0 Å². The Labute approximate surface area is 105 Å². The summed E-state index contributed by atoms with van der Waals surface area (Å²) in [5, 5.41) is 9.42. The number of aryl methyl sites for hydroxylation is 1. The molecule has 92 valence electrons. The SMILES string of the molecule is CCCCSc1nnc(-c2ccoc2C)n1C. The van der Waals surface area contributed by atoms with Crippen molar-refractivity contribution < 1.29 is 4.42 Å². The second kappa shape index (κ2) is 5.40. The molecule has 0 saturated heterocycles. The molecule has 0 saturated carbocycles. The molecule has 0 amide bonds. The second-order valence-electron chi connectivity index (χ2n) is 3.96. The maximum Gasteiger partial charge on any atom is 0.191 e. The molecule has 17 heavy (non-hydrogen) atoms. The lowest BCUT2D eigenvalue weighted by Gasteiger charge is -2.02. The van der Waals surface area contributed by atoms with E-state index in [2.05, 4.69) is 17.1 Å². The van der Waals surface area contributed by atoms with Gasteiger partial charge in [0.1, 0.15) is 5.76 Å². The largest absolute Gasteiger partial charge is 0.469 e. The Hall–Kier alpha value is -1.23. The van der Waals surface area contributed by atoms with E-state index in [1.807, 2.05) is 24.6 Å².